The average molecular weight is 362 g/mol. The molecule has 0 aliphatic carbocycles. The molecule has 0 spiro atoms. The van der Waals surface area contributed by atoms with Gasteiger partial charge in [-0.25, -0.2) is 13.6 Å². The molecule has 3 aromatic rings. The lowest BCUT2D eigenvalue weighted by Gasteiger charge is -2.10. The van der Waals surface area contributed by atoms with Crippen molar-refractivity contribution in [1.29, 1.82) is 0 Å². The predicted octanol–water partition coefficient (Wildman–Crippen LogP) is 2.36. The summed E-state index contributed by atoms with van der Waals surface area (Å²) in [5.74, 6) is -1.54. The Kier molecular flexibility index (Phi) is 5.55. The topological polar surface area (TPSA) is 77.5 Å². The summed E-state index contributed by atoms with van der Waals surface area (Å²) in [5, 5.41) is 14.0. The summed E-state index contributed by atoms with van der Waals surface area (Å²) in [4.78, 5) is 11.8. The van der Waals surface area contributed by atoms with Gasteiger partial charge < -0.3 is 14.3 Å². The van der Waals surface area contributed by atoms with E-state index in [9.17, 15) is 18.7 Å². The van der Waals surface area contributed by atoms with Gasteiger partial charge in [0, 0.05) is 11.1 Å². The molecule has 1 N–H and O–H groups in total. The second-order valence-electron chi connectivity index (χ2n) is 5.62. The molecule has 0 amide bonds. The molecule has 0 aliphatic rings. The largest absolute Gasteiger partial charge is 0.437 e. The number of aromatic nitrogens is 2. The molecule has 1 aromatic heterocycles. The molecule has 1 heterocycles. The van der Waals surface area contributed by atoms with Gasteiger partial charge in [-0.3, -0.25) is 0 Å². The molecule has 6 nitrogen and oxygen atoms in total. The molecule has 2 aromatic carbocycles. The van der Waals surface area contributed by atoms with Crippen LogP contribution in [0.25, 0.3) is 11.5 Å². The molecular formula is C18H16F2N2O4. The Hall–Kier alpha value is -2.84. The quantitative estimate of drug-likeness (QED) is 0.698. The minimum atomic E-state index is -1.04. The summed E-state index contributed by atoms with van der Waals surface area (Å²) < 4.78 is 37.6. The summed E-state index contributed by atoms with van der Waals surface area (Å²) in [6.45, 7) is -0.265. The highest BCUT2D eigenvalue weighted by Crippen LogP contribution is 2.15. The predicted molar refractivity (Wildman–Crippen MR) is 88.2 cm³/mol. The van der Waals surface area contributed by atoms with Gasteiger partial charge in [-0.15, -0.1) is 5.10 Å². The van der Waals surface area contributed by atoms with E-state index in [0.717, 1.165) is 4.68 Å². The van der Waals surface area contributed by atoms with Crippen molar-refractivity contribution in [2.75, 3.05) is 6.61 Å². The Morgan fingerprint density at radius 3 is 2.62 bits per heavy atom. The first kappa shape index (κ1) is 18.0. The van der Waals surface area contributed by atoms with Gasteiger partial charge in [-0.05, 0) is 30.3 Å². The van der Waals surface area contributed by atoms with E-state index in [1.807, 2.05) is 0 Å². The fraction of sp³-hybridized carbons (Fsp3) is 0.222. The van der Waals surface area contributed by atoms with Crippen molar-refractivity contribution in [2.45, 2.75) is 19.3 Å². The lowest BCUT2D eigenvalue weighted by atomic mass is 10.2. The molecule has 1 unspecified atom stereocenters. The zero-order valence-electron chi connectivity index (χ0n) is 13.6. The summed E-state index contributed by atoms with van der Waals surface area (Å²) >= 11 is 0. The summed E-state index contributed by atoms with van der Waals surface area (Å²) in [7, 11) is 0. The van der Waals surface area contributed by atoms with Gasteiger partial charge in [0.05, 0.1) is 25.9 Å². The molecular weight excluding hydrogens is 346 g/mol. The maximum atomic E-state index is 13.5. The van der Waals surface area contributed by atoms with E-state index in [0.29, 0.717) is 11.1 Å². The highest BCUT2D eigenvalue weighted by Gasteiger charge is 2.14. The maximum Gasteiger partial charge on any atom is 0.437 e. The molecule has 0 saturated carbocycles. The molecule has 1 atom stereocenters. The minimum Gasteiger partial charge on any atom is -0.389 e. The van der Waals surface area contributed by atoms with E-state index < -0.39 is 23.5 Å². The minimum absolute atomic E-state index is 0.00171. The maximum absolute atomic E-state index is 13.5. The average Bonchev–Trinajstić information content (AvgIpc) is 2.98. The van der Waals surface area contributed by atoms with Gasteiger partial charge in [0.1, 0.15) is 11.6 Å². The van der Waals surface area contributed by atoms with Crippen molar-refractivity contribution in [2.24, 2.45) is 0 Å². The van der Waals surface area contributed by atoms with Gasteiger partial charge in [0.2, 0.25) is 5.89 Å². The number of benzene rings is 2. The van der Waals surface area contributed by atoms with Crippen LogP contribution in [0.5, 0.6) is 0 Å². The van der Waals surface area contributed by atoms with E-state index in [-0.39, 0.29) is 25.6 Å². The normalized spacial score (nSPS) is 12.3. The third kappa shape index (κ3) is 4.41. The van der Waals surface area contributed by atoms with E-state index >= 15 is 0 Å². The molecule has 136 valence electrons. The first-order chi connectivity index (χ1) is 12.5. The van der Waals surface area contributed by atoms with Crippen molar-refractivity contribution in [1.82, 2.24) is 9.78 Å². The monoisotopic (exact) mass is 362 g/mol. The molecule has 0 aliphatic heterocycles. The molecule has 8 heteroatoms. The van der Waals surface area contributed by atoms with Gasteiger partial charge in [-0.2, -0.15) is 4.68 Å². The van der Waals surface area contributed by atoms with Crippen LogP contribution in [0.2, 0.25) is 0 Å². The van der Waals surface area contributed by atoms with Crippen molar-refractivity contribution in [3.63, 3.8) is 0 Å². The summed E-state index contributed by atoms with van der Waals surface area (Å²) in [6, 6.07) is 11.5. The number of halogens is 2. The molecule has 0 radical (unpaired) electrons. The smallest absolute Gasteiger partial charge is 0.389 e. The summed E-state index contributed by atoms with van der Waals surface area (Å²) in [5.41, 5.74) is 0.810. The van der Waals surface area contributed by atoms with Gasteiger partial charge in [-0.1, -0.05) is 18.2 Å². The lowest BCUT2D eigenvalue weighted by Crippen LogP contribution is -2.28. The van der Waals surface area contributed by atoms with Gasteiger partial charge in [0.25, 0.3) is 0 Å². The van der Waals surface area contributed by atoms with Crippen LogP contribution < -0.4 is 5.76 Å². The van der Waals surface area contributed by atoms with Crippen molar-refractivity contribution in [3.05, 3.63) is 76.3 Å². The molecule has 0 bridgehead atoms. The fourth-order valence-electron chi connectivity index (χ4n) is 2.30. The standard InChI is InChI=1S/C18H16F2N2O4/c19-14-7-5-12(6-8-14)17-21-22(18(24)26-17)9-15(23)11-25-10-13-3-1-2-4-16(13)20/h1-8,15,23H,9-11H2. The highest BCUT2D eigenvalue weighted by molar-refractivity contribution is 5.51. The van der Waals surface area contributed by atoms with Crippen LogP contribution in [0.15, 0.2) is 57.7 Å². The SMILES string of the molecule is O=c1oc(-c2ccc(F)cc2)nn1CC(O)COCc1ccccc1F. The molecule has 0 saturated heterocycles. The van der Waals surface area contributed by atoms with Crippen LogP contribution in [0.3, 0.4) is 0 Å². The van der Waals surface area contributed by atoms with Crippen LogP contribution in [0.1, 0.15) is 5.56 Å². The van der Waals surface area contributed by atoms with Crippen molar-refractivity contribution < 1.29 is 23.0 Å². The number of hydrogen-bond donors (Lipinski definition) is 1. The van der Waals surface area contributed by atoms with Crippen LogP contribution in [-0.4, -0.2) is 27.6 Å². The Morgan fingerprint density at radius 2 is 1.88 bits per heavy atom. The molecule has 0 fully saturated rings. The van der Waals surface area contributed by atoms with Crippen LogP contribution in [0, 0.1) is 11.6 Å². The van der Waals surface area contributed by atoms with Crippen molar-refractivity contribution >= 4 is 0 Å². The zero-order valence-corrected chi connectivity index (χ0v) is 13.6. The number of hydrogen-bond acceptors (Lipinski definition) is 5. The van der Waals surface area contributed by atoms with E-state index in [1.165, 1.54) is 30.3 Å². The van der Waals surface area contributed by atoms with E-state index in [4.69, 9.17) is 9.15 Å². The zero-order chi connectivity index (χ0) is 18.5. The van der Waals surface area contributed by atoms with Gasteiger partial charge in [0.15, 0.2) is 0 Å². The lowest BCUT2D eigenvalue weighted by molar-refractivity contribution is 0.0169. The van der Waals surface area contributed by atoms with Gasteiger partial charge >= 0.3 is 5.76 Å². The van der Waals surface area contributed by atoms with E-state index in [2.05, 4.69) is 5.10 Å². The van der Waals surface area contributed by atoms with Crippen LogP contribution >= 0.6 is 0 Å². The Balaban J connectivity index is 1.57. The first-order valence-corrected chi connectivity index (χ1v) is 7.86. The number of nitrogens with zero attached hydrogens (tertiary/aromatic N) is 2. The number of rotatable bonds is 7. The van der Waals surface area contributed by atoms with E-state index in [1.54, 1.807) is 18.2 Å². The number of aliphatic hydroxyl groups excluding tert-OH is 1. The third-order valence-corrected chi connectivity index (χ3v) is 3.61. The number of aliphatic hydroxyl groups is 1. The molecule has 3 rings (SSSR count). The Bertz CT molecular complexity index is 921. The fourth-order valence-corrected chi connectivity index (χ4v) is 2.30. The molecule has 26 heavy (non-hydrogen) atoms. The second kappa shape index (κ2) is 8.03. The number of ether oxygens (including phenoxy) is 1. The second-order valence-corrected chi connectivity index (χ2v) is 5.62. The van der Waals surface area contributed by atoms with Crippen LogP contribution in [0.4, 0.5) is 8.78 Å². The van der Waals surface area contributed by atoms with Crippen molar-refractivity contribution in [3.8, 4) is 11.5 Å². The summed E-state index contributed by atoms with van der Waals surface area (Å²) in [6.07, 6.45) is -1.04. The Labute approximate surface area is 147 Å². The highest BCUT2D eigenvalue weighted by atomic mass is 19.1. The first-order valence-electron chi connectivity index (χ1n) is 7.86. The Morgan fingerprint density at radius 1 is 1.15 bits per heavy atom. The third-order valence-electron chi connectivity index (χ3n) is 3.61. The van der Waals surface area contributed by atoms with Crippen LogP contribution in [-0.2, 0) is 17.9 Å².